The molecular formula is C16H25NO. The van der Waals surface area contributed by atoms with E-state index in [0.717, 1.165) is 31.4 Å². The standard InChI is InChI=1S/C16H25NO/c1-2-3-4-5-11-15(18)14-10-6-8-13-9-7-12-17-16(13)14/h7,9,12,14-15,18H,2-6,8,10-11H2,1H3. The monoisotopic (exact) mass is 247 g/mol. The highest BCUT2D eigenvalue weighted by Gasteiger charge is 2.27. The van der Waals surface area contributed by atoms with Gasteiger partial charge in [-0.25, -0.2) is 0 Å². The van der Waals surface area contributed by atoms with E-state index in [2.05, 4.69) is 18.0 Å². The summed E-state index contributed by atoms with van der Waals surface area (Å²) in [5.74, 6) is 0.275. The Bertz CT molecular complexity index is 364. The largest absolute Gasteiger partial charge is 0.392 e. The molecule has 0 bridgehead atoms. The summed E-state index contributed by atoms with van der Waals surface area (Å²) in [6.07, 6.45) is 10.9. The Morgan fingerprint density at radius 1 is 1.39 bits per heavy atom. The molecule has 0 aromatic carbocycles. The summed E-state index contributed by atoms with van der Waals surface area (Å²) in [6.45, 7) is 2.22. The van der Waals surface area contributed by atoms with E-state index in [4.69, 9.17) is 0 Å². The molecule has 2 nitrogen and oxygen atoms in total. The smallest absolute Gasteiger partial charge is 0.0623 e. The van der Waals surface area contributed by atoms with Crippen molar-refractivity contribution in [1.82, 2.24) is 4.98 Å². The van der Waals surface area contributed by atoms with Crippen molar-refractivity contribution in [3.05, 3.63) is 29.6 Å². The highest BCUT2D eigenvalue weighted by atomic mass is 16.3. The van der Waals surface area contributed by atoms with E-state index in [-0.39, 0.29) is 12.0 Å². The molecule has 1 N–H and O–H groups in total. The number of pyridine rings is 1. The molecule has 2 atom stereocenters. The van der Waals surface area contributed by atoms with E-state index in [1.807, 2.05) is 12.3 Å². The molecule has 0 amide bonds. The molecule has 0 radical (unpaired) electrons. The van der Waals surface area contributed by atoms with Gasteiger partial charge in [-0.05, 0) is 37.3 Å². The summed E-state index contributed by atoms with van der Waals surface area (Å²) in [4.78, 5) is 4.51. The molecule has 1 heterocycles. The second-order valence-corrected chi connectivity index (χ2v) is 5.46. The maximum absolute atomic E-state index is 10.4. The first-order valence-electron chi connectivity index (χ1n) is 7.44. The number of aryl methyl sites for hydroxylation is 1. The third-order valence-electron chi connectivity index (χ3n) is 4.06. The maximum atomic E-state index is 10.4. The van der Waals surface area contributed by atoms with Gasteiger partial charge in [0.15, 0.2) is 0 Å². The lowest BCUT2D eigenvalue weighted by Gasteiger charge is -2.28. The summed E-state index contributed by atoms with van der Waals surface area (Å²) in [5.41, 5.74) is 2.51. The van der Waals surface area contributed by atoms with Crippen LogP contribution >= 0.6 is 0 Å². The molecule has 0 saturated carbocycles. The first-order valence-corrected chi connectivity index (χ1v) is 7.44. The number of aliphatic hydroxyl groups excluding tert-OH is 1. The molecule has 100 valence electrons. The van der Waals surface area contributed by atoms with Crippen molar-refractivity contribution >= 4 is 0 Å². The molecule has 1 aliphatic carbocycles. The van der Waals surface area contributed by atoms with Gasteiger partial charge in [-0.1, -0.05) is 38.7 Å². The lowest BCUT2D eigenvalue weighted by atomic mass is 9.81. The Kier molecular flexibility index (Phi) is 5.18. The lowest BCUT2D eigenvalue weighted by molar-refractivity contribution is 0.120. The van der Waals surface area contributed by atoms with Crippen LogP contribution in [0, 0.1) is 0 Å². The normalized spacial score (nSPS) is 20.4. The topological polar surface area (TPSA) is 33.1 Å². The van der Waals surface area contributed by atoms with Gasteiger partial charge >= 0.3 is 0 Å². The van der Waals surface area contributed by atoms with Crippen molar-refractivity contribution in [3.8, 4) is 0 Å². The highest BCUT2D eigenvalue weighted by Crippen LogP contribution is 2.33. The zero-order valence-electron chi connectivity index (χ0n) is 11.4. The fourth-order valence-electron chi connectivity index (χ4n) is 3.00. The molecule has 2 unspecified atom stereocenters. The molecule has 1 aromatic rings. The van der Waals surface area contributed by atoms with Crippen molar-refractivity contribution in [3.63, 3.8) is 0 Å². The van der Waals surface area contributed by atoms with Crippen LogP contribution in [0.3, 0.4) is 0 Å². The number of unbranched alkanes of at least 4 members (excludes halogenated alkanes) is 3. The van der Waals surface area contributed by atoms with Gasteiger partial charge in [0, 0.05) is 17.8 Å². The number of hydrogen-bond donors (Lipinski definition) is 1. The predicted octanol–water partition coefficient (Wildman–Crippen LogP) is 3.83. The van der Waals surface area contributed by atoms with Crippen LogP contribution in [-0.4, -0.2) is 16.2 Å². The molecular weight excluding hydrogens is 222 g/mol. The van der Waals surface area contributed by atoms with Crippen LogP contribution in [0.4, 0.5) is 0 Å². The van der Waals surface area contributed by atoms with Gasteiger partial charge in [0.25, 0.3) is 0 Å². The molecule has 1 aliphatic rings. The van der Waals surface area contributed by atoms with E-state index in [0.29, 0.717) is 0 Å². The highest BCUT2D eigenvalue weighted by molar-refractivity contribution is 5.26. The molecule has 1 aromatic heterocycles. The van der Waals surface area contributed by atoms with Crippen LogP contribution < -0.4 is 0 Å². The minimum absolute atomic E-state index is 0.198. The number of aliphatic hydroxyl groups is 1. The quantitative estimate of drug-likeness (QED) is 0.775. The maximum Gasteiger partial charge on any atom is 0.0623 e. The first-order chi connectivity index (χ1) is 8.83. The SMILES string of the molecule is CCCCCCC(O)C1CCCc2cccnc21. The number of rotatable bonds is 6. The minimum Gasteiger partial charge on any atom is -0.392 e. The number of aromatic nitrogens is 1. The van der Waals surface area contributed by atoms with Crippen LogP contribution in [0.2, 0.25) is 0 Å². The van der Waals surface area contributed by atoms with E-state index in [1.165, 1.54) is 31.2 Å². The third kappa shape index (κ3) is 3.32. The zero-order chi connectivity index (χ0) is 12.8. The lowest BCUT2D eigenvalue weighted by Crippen LogP contribution is -2.24. The number of fused-ring (bicyclic) bond motifs is 1. The molecule has 0 aliphatic heterocycles. The molecule has 18 heavy (non-hydrogen) atoms. The first kappa shape index (κ1) is 13.5. The molecule has 2 rings (SSSR count). The van der Waals surface area contributed by atoms with Gasteiger partial charge in [-0.15, -0.1) is 0 Å². The van der Waals surface area contributed by atoms with Crippen molar-refractivity contribution < 1.29 is 5.11 Å². The van der Waals surface area contributed by atoms with E-state index in [1.54, 1.807) is 0 Å². The Labute approximate surface area is 110 Å². The van der Waals surface area contributed by atoms with Gasteiger partial charge in [0.05, 0.1) is 6.10 Å². The van der Waals surface area contributed by atoms with Crippen LogP contribution in [0.25, 0.3) is 0 Å². The van der Waals surface area contributed by atoms with Gasteiger partial charge in [-0.3, -0.25) is 4.98 Å². The van der Waals surface area contributed by atoms with Gasteiger partial charge in [0.1, 0.15) is 0 Å². The van der Waals surface area contributed by atoms with E-state index in [9.17, 15) is 5.11 Å². The fourth-order valence-corrected chi connectivity index (χ4v) is 3.00. The zero-order valence-corrected chi connectivity index (χ0v) is 11.4. The number of nitrogens with zero attached hydrogens (tertiary/aromatic N) is 1. The van der Waals surface area contributed by atoms with E-state index >= 15 is 0 Å². The average molecular weight is 247 g/mol. The summed E-state index contributed by atoms with van der Waals surface area (Å²) in [7, 11) is 0. The predicted molar refractivity (Wildman–Crippen MR) is 74.7 cm³/mol. The second-order valence-electron chi connectivity index (χ2n) is 5.46. The van der Waals surface area contributed by atoms with Crippen LogP contribution in [0.5, 0.6) is 0 Å². The summed E-state index contributed by atoms with van der Waals surface area (Å²) >= 11 is 0. The van der Waals surface area contributed by atoms with Crippen LogP contribution in [0.1, 0.15) is 69.0 Å². The van der Waals surface area contributed by atoms with Crippen LogP contribution in [-0.2, 0) is 6.42 Å². The Morgan fingerprint density at radius 3 is 3.11 bits per heavy atom. The van der Waals surface area contributed by atoms with Crippen LogP contribution in [0.15, 0.2) is 18.3 Å². The van der Waals surface area contributed by atoms with Crippen molar-refractivity contribution in [1.29, 1.82) is 0 Å². The summed E-state index contributed by atoms with van der Waals surface area (Å²) in [5, 5.41) is 10.4. The molecule has 0 fully saturated rings. The molecule has 2 heteroatoms. The van der Waals surface area contributed by atoms with Crippen molar-refractivity contribution in [2.75, 3.05) is 0 Å². The molecule has 0 spiro atoms. The van der Waals surface area contributed by atoms with Gasteiger partial charge < -0.3 is 5.11 Å². The Balaban J connectivity index is 1.93. The minimum atomic E-state index is -0.198. The fraction of sp³-hybridized carbons (Fsp3) is 0.688. The third-order valence-corrected chi connectivity index (χ3v) is 4.06. The summed E-state index contributed by atoms with van der Waals surface area (Å²) < 4.78 is 0. The molecule has 0 saturated heterocycles. The number of hydrogen-bond acceptors (Lipinski definition) is 2. The van der Waals surface area contributed by atoms with E-state index < -0.39 is 0 Å². The van der Waals surface area contributed by atoms with Crippen molar-refractivity contribution in [2.45, 2.75) is 70.3 Å². The summed E-state index contributed by atoms with van der Waals surface area (Å²) in [6, 6.07) is 4.17. The Morgan fingerprint density at radius 2 is 2.28 bits per heavy atom. The Hall–Kier alpha value is -0.890. The van der Waals surface area contributed by atoms with Crippen molar-refractivity contribution in [2.24, 2.45) is 0 Å². The van der Waals surface area contributed by atoms with Gasteiger partial charge in [0.2, 0.25) is 0 Å². The second kappa shape index (κ2) is 6.89. The average Bonchev–Trinajstić information content (AvgIpc) is 2.43. The van der Waals surface area contributed by atoms with Gasteiger partial charge in [-0.2, -0.15) is 0 Å².